The maximum Gasteiger partial charge on any atom is 0.0236 e. The van der Waals surface area contributed by atoms with E-state index in [1.165, 1.54) is 16.7 Å². The van der Waals surface area contributed by atoms with Crippen molar-refractivity contribution in [3.05, 3.63) is 34.9 Å². The quantitative estimate of drug-likeness (QED) is 0.782. The van der Waals surface area contributed by atoms with E-state index < -0.39 is 0 Å². The third kappa shape index (κ3) is 2.39. The summed E-state index contributed by atoms with van der Waals surface area (Å²) >= 11 is 0. The van der Waals surface area contributed by atoms with E-state index in [1.54, 1.807) is 0 Å². The van der Waals surface area contributed by atoms with E-state index in [2.05, 4.69) is 42.7 Å². The molecule has 82 valence electrons. The van der Waals surface area contributed by atoms with E-state index in [1.807, 2.05) is 0 Å². The third-order valence-corrected chi connectivity index (χ3v) is 3.18. The molecular weight excluding hydrogens is 184 g/mol. The van der Waals surface area contributed by atoms with Crippen molar-refractivity contribution < 1.29 is 0 Å². The zero-order chi connectivity index (χ0) is 10.7. The van der Waals surface area contributed by atoms with Gasteiger partial charge in [-0.2, -0.15) is 0 Å². The number of benzene rings is 1. The molecule has 15 heavy (non-hydrogen) atoms. The number of hydrogen-bond acceptors (Lipinski definition) is 2. The largest absolute Gasteiger partial charge is 0.315 e. The summed E-state index contributed by atoms with van der Waals surface area (Å²) < 4.78 is 0. The minimum atomic E-state index is 0.597. The Kier molecular flexibility index (Phi) is 3.39. The summed E-state index contributed by atoms with van der Waals surface area (Å²) in [7, 11) is 0. The predicted molar refractivity (Wildman–Crippen MR) is 64.1 cm³/mol. The smallest absolute Gasteiger partial charge is 0.0236 e. The van der Waals surface area contributed by atoms with E-state index >= 15 is 0 Å². The van der Waals surface area contributed by atoms with Gasteiger partial charge in [0.05, 0.1) is 0 Å². The fourth-order valence-corrected chi connectivity index (χ4v) is 2.25. The number of nitrogens with one attached hydrogen (secondary N) is 2. The first-order chi connectivity index (χ1) is 7.31. The monoisotopic (exact) mass is 204 g/mol. The lowest BCUT2D eigenvalue weighted by atomic mass is 9.93. The van der Waals surface area contributed by atoms with Crippen molar-refractivity contribution in [2.75, 3.05) is 13.1 Å². The van der Waals surface area contributed by atoms with Crippen LogP contribution in [0.2, 0.25) is 0 Å². The highest BCUT2D eigenvalue weighted by molar-refractivity contribution is 5.36. The molecule has 0 amide bonds. The molecule has 0 saturated carbocycles. The Bertz CT molecular complexity index is 333. The Morgan fingerprint density at radius 1 is 1.47 bits per heavy atom. The Morgan fingerprint density at radius 3 is 3.13 bits per heavy atom. The predicted octanol–water partition coefficient (Wildman–Crippen LogP) is 1.62. The van der Waals surface area contributed by atoms with Crippen LogP contribution in [0.1, 0.15) is 23.6 Å². The number of fused-ring (bicyclic) bond motifs is 1. The van der Waals surface area contributed by atoms with E-state index in [9.17, 15) is 0 Å². The van der Waals surface area contributed by atoms with Crippen LogP contribution in [0, 0.1) is 6.92 Å². The van der Waals surface area contributed by atoms with Gasteiger partial charge in [0.1, 0.15) is 0 Å². The second-order valence-electron chi connectivity index (χ2n) is 4.30. The van der Waals surface area contributed by atoms with Crippen LogP contribution < -0.4 is 10.6 Å². The molecule has 1 atom stereocenters. The number of likely N-dealkylation sites (N-methyl/N-ethyl adjacent to an activating group) is 1. The highest BCUT2D eigenvalue weighted by atomic mass is 15.0. The van der Waals surface area contributed by atoms with E-state index in [0.717, 1.165) is 26.1 Å². The lowest BCUT2D eigenvalue weighted by Gasteiger charge is -2.27. The molecule has 2 rings (SSSR count). The summed E-state index contributed by atoms with van der Waals surface area (Å²) in [4.78, 5) is 0. The molecule has 0 bridgehead atoms. The van der Waals surface area contributed by atoms with Crippen LogP contribution in [0.3, 0.4) is 0 Å². The fourth-order valence-electron chi connectivity index (χ4n) is 2.25. The van der Waals surface area contributed by atoms with E-state index in [4.69, 9.17) is 0 Å². The molecule has 0 aromatic heterocycles. The van der Waals surface area contributed by atoms with Crippen LogP contribution in [-0.4, -0.2) is 19.1 Å². The van der Waals surface area contributed by atoms with Gasteiger partial charge in [0.2, 0.25) is 0 Å². The van der Waals surface area contributed by atoms with Gasteiger partial charge in [0.25, 0.3) is 0 Å². The molecule has 1 unspecified atom stereocenters. The number of aryl methyl sites for hydroxylation is 1. The molecule has 0 fully saturated rings. The van der Waals surface area contributed by atoms with E-state index in [0.29, 0.717) is 6.04 Å². The Hall–Kier alpha value is -0.860. The molecule has 2 heteroatoms. The topological polar surface area (TPSA) is 24.1 Å². The zero-order valence-corrected chi connectivity index (χ0v) is 9.64. The molecule has 2 N–H and O–H groups in total. The average Bonchev–Trinajstić information content (AvgIpc) is 2.26. The molecular formula is C13H20N2. The molecule has 0 saturated heterocycles. The maximum atomic E-state index is 3.59. The van der Waals surface area contributed by atoms with Crippen molar-refractivity contribution in [1.82, 2.24) is 10.6 Å². The van der Waals surface area contributed by atoms with Crippen LogP contribution in [0.5, 0.6) is 0 Å². The van der Waals surface area contributed by atoms with Crippen molar-refractivity contribution in [1.29, 1.82) is 0 Å². The van der Waals surface area contributed by atoms with Gasteiger partial charge in [-0.1, -0.05) is 25.1 Å². The van der Waals surface area contributed by atoms with Gasteiger partial charge < -0.3 is 10.6 Å². The van der Waals surface area contributed by atoms with Crippen molar-refractivity contribution in [2.45, 2.75) is 32.9 Å². The molecule has 1 aromatic rings. The van der Waals surface area contributed by atoms with Gasteiger partial charge in [-0.25, -0.2) is 0 Å². The summed E-state index contributed by atoms with van der Waals surface area (Å²) in [5, 5.41) is 6.99. The summed E-state index contributed by atoms with van der Waals surface area (Å²) in [5.74, 6) is 0. The molecule has 1 aliphatic rings. The minimum absolute atomic E-state index is 0.597. The van der Waals surface area contributed by atoms with Gasteiger partial charge in [0.15, 0.2) is 0 Å². The summed E-state index contributed by atoms with van der Waals surface area (Å²) in [5.41, 5.74) is 4.45. The van der Waals surface area contributed by atoms with Crippen LogP contribution in [0.15, 0.2) is 18.2 Å². The van der Waals surface area contributed by atoms with Gasteiger partial charge >= 0.3 is 0 Å². The molecule has 0 spiro atoms. The second kappa shape index (κ2) is 4.77. The zero-order valence-electron chi connectivity index (χ0n) is 9.64. The highest BCUT2D eigenvalue weighted by Crippen LogP contribution is 2.19. The summed E-state index contributed by atoms with van der Waals surface area (Å²) in [6.45, 7) is 7.51. The highest BCUT2D eigenvalue weighted by Gasteiger charge is 2.17. The normalized spacial score (nSPS) is 20.0. The van der Waals surface area contributed by atoms with Crippen LogP contribution >= 0.6 is 0 Å². The van der Waals surface area contributed by atoms with Crippen molar-refractivity contribution in [3.63, 3.8) is 0 Å². The first-order valence-corrected chi connectivity index (χ1v) is 5.82. The van der Waals surface area contributed by atoms with Crippen LogP contribution in [0.4, 0.5) is 0 Å². The number of rotatable bonds is 3. The molecule has 1 heterocycles. The van der Waals surface area contributed by atoms with Crippen molar-refractivity contribution in [3.8, 4) is 0 Å². The third-order valence-electron chi connectivity index (χ3n) is 3.18. The first kappa shape index (κ1) is 10.7. The van der Waals surface area contributed by atoms with Crippen molar-refractivity contribution >= 4 is 0 Å². The van der Waals surface area contributed by atoms with Crippen molar-refractivity contribution in [2.24, 2.45) is 0 Å². The lowest BCUT2D eigenvalue weighted by molar-refractivity contribution is 0.452. The first-order valence-electron chi connectivity index (χ1n) is 5.82. The summed E-state index contributed by atoms with van der Waals surface area (Å²) in [6.07, 6.45) is 1.16. The maximum absolute atomic E-state index is 3.59. The average molecular weight is 204 g/mol. The van der Waals surface area contributed by atoms with E-state index in [-0.39, 0.29) is 0 Å². The van der Waals surface area contributed by atoms with Gasteiger partial charge in [-0.05, 0) is 36.6 Å². The Morgan fingerprint density at radius 2 is 2.33 bits per heavy atom. The van der Waals surface area contributed by atoms with Gasteiger partial charge in [-0.3, -0.25) is 0 Å². The lowest BCUT2D eigenvalue weighted by Crippen LogP contribution is -2.43. The van der Waals surface area contributed by atoms with Gasteiger partial charge in [-0.15, -0.1) is 0 Å². The Balaban J connectivity index is 2.07. The fraction of sp³-hybridized carbons (Fsp3) is 0.538. The summed E-state index contributed by atoms with van der Waals surface area (Å²) in [6, 6.07) is 7.23. The van der Waals surface area contributed by atoms with Crippen LogP contribution in [-0.2, 0) is 13.0 Å². The minimum Gasteiger partial charge on any atom is -0.315 e. The number of hydrogen-bond donors (Lipinski definition) is 2. The standard InChI is InChI=1S/C13H20N2/c1-3-14-8-12-7-11-6-4-5-10(2)13(11)9-15-12/h4-6,12,14-15H,3,7-9H2,1-2H3. The SMILES string of the molecule is CCNCC1Cc2cccc(C)c2CN1. The molecule has 0 aliphatic carbocycles. The second-order valence-corrected chi connectivity index (χ2v) is 4.30. The molecule has 1 aliphatic heterocycles. The molecule has 1 aromatic carbocycles. The van der Waals surface area contributed by atoms with Crippen LogP contribution in [0.25, 0.3) is 0 Å². The van der Waals surface area contributed by atoms with Gasteiger partial charge in [0, 0.05) is 19.1 Å². The molecule has 0 radical (unpaired) electrons. The molecule has 2 nitrogen and oxygen atoms in total. The Labute approximate surface area is 92.1 Å².